The number of benzene rings is 2. The molecule has 0 aromatic heterocycles. The van der Waals surface area contributed by atoms with E-state index in [1.165, 1.54) is 0 Å². The fourth-order valence-electron chi connectivity index (χ4n) is 2.84. The third kappa shape index (κ3) is 5.51. The maximum atomic E-state index is 14.4. The van der Waals surface area contributed by atoms with Gasteiger partial charge >= 0.3 is 0 Å². The monoisotopic (exact) mass is 397 g/mol. The van der Waals surface area contributed by atoms with Gasteiger partial charge in [-0.1, -0.05) is 50.0 Å². The summed E-state index contributed by atoms with van der Waals surface area (Å²) in [7, 11) is 0. The highest BCUT2D eigenvalue weighted by atomic mass is 19.2. The number of alkyl halides is 1. The Labute approximate surface area is 169 Å². The maximum Gasteiger partial charge on any atom is 0.243 e. The van der Waals surface area contributed by atoms with E-state index in [2.05, 4.69) is 23.8 Å². The second-order valence-corrected chi connectivity index (χ2v) is 6.84. The van der Waals surface area contributed by atoms with E-state index in [-0.39, 0.29) is 0 Å². The Bertz CT molecular complexity index is 952. The summed E-state index contributed by atoms with van der Waals surface area (Å²) < 4.78 is 46.6. The molecule has 1 aliphatic rings. The quantitative estimate of drug-likeness (QED) is 0.307. The molecule has 1 atom stereocenters. The van der Waals surface area contributed by atoms with Crippen LogP contribution in [0.15, 0.2) is 65.6 Å². The highest BCUT2D eigenvalue weighted by molar-refractivity contribution is 5.89. The van der Waals surface area contributed by atoms with Gasteiger partial charge in [0.2, 0.25) is 17.6 Å². The van der Waals surface area contributed by atoms with E-state index >= 15 is 0 Å². The zero-order valence-electron chi connectivity index (χ0n) is 16.2. The molecule has 0 spiro atoms. The van der Waals surface area contributed by atoms with Gasteiger partial charge in [0, 0.05) is 12.0 Å². The van der Waals surface area contributed by atoms with E-state index in [0.717, 1.165) is 42.2 Å². The van der Waals surface area contributed by atoms with Gasteiger partial charge in [-0.15, -0.1) is 0 Å². The lowest BCUT2D eigenvalue weighted by Crippen LogP contribution is -2.30. The number of unbranched alkanes of at least 4 members (excludes halogenated alkanes) is 2. The van der Waals surface area contributed by atoms with E-state index in [9.17, 15) is 13.2 Å². The molecule has 0 aliphatic carbocycles. The molecule has 2 nitrogen and oxygen atoms in total. The van der Waals surface area contributed by atoms with Gasteiger partial charge in [0.15, 0.2) is 0 Å². The van der Waals surface area contributed by atoms with Gasteiger partial charge in [-0.3, -0.25) is 0 Å². The molecule has 2 aromatic carbocycles. The topological polar surface area (TPSA) is 21.6 Å². The molecule has 1 heterocycles. The van der Waals surface area contributed by atoms with Gasteiger partial charge < -0.3 is 4.74 Å². The number of hydrogen-bond acceptors (Lipinski definition) is 2. The van der Waals surface area contributed by atoms with Crippen LogP contribution in [0, 0.1) is 11.8 Å². The Balaban J connectivity index is 1.65. The van der Waals surface area contributed by atoms with Gasteiger partial charge in [-0.05, 0) is 53.8 Å². The summed E-state index contributed by atoms with van der Waals surface area (Å²) in [6.45, 7) is 2.87. The van der Waals surface area contributed by atoms with E-state index in [4.69, 9.17) is 4.74 Å². The number of halogens is 3. The number of rotatable bonds is 6. The first-order valence-corrected chi connectivity index (χ1v) is 9.66. The van der Waals surface area contributed by atoms with Gasteiger partial charge in [0.25, 0.3) is 0 Å². The van der Waals surface area contributed by atoms with Crippen LogP contribution in [0.4, 0.5) is 13.2 Å². The maximum absolute atomic E-state index is 14.4. The molecule has 150 valence electrons. The average molecular weight is 397 g/mol. The molecule has 2 aromatic rings. The molecule has 3 rings (SSSR count). The van der Waals surface area contributed by atoms with Crippen LogP contribution in [0.2, 0.25) is 0 Å². The van der Waals surface area contributed by atoms with Gasteiger partial charge in [-0.2, -0.15) is 13.8 Å². The number of nitrogens with zero attached hydrogens (tertiary/aromatic N) is 1. The van der Waals surface area contributed by atoms with Crippen molar-refractivity contribution in [3.63, 3.8) is 0 Å². The molecule has 0 radical (unpaired) electrons. The summed E-state index contributed by atoms with van der Waals surface area (Å²) in [5.41, 5.74) is -0.0669. The normalized spacial score (nSPS) is 18.3. The Hall–Kier alpha value is -3.00. The zero-order valence-corrected chi connectivity index (χ0v) is 16.2. The van der Waals surface area contributed by atoms with Crippen molar-refractivity contribution in [3.8, 4) is 28.7 Å². The Morgan fingerprint density at radius 1 is 1.00 bits per heavy atom. The molecule has 5 heteroatoms. The Kier molecular flexibility index (Phi) is 6.77. The smallest absolute Gasteiger partial charge is 0.243 e. The predicted molar refractivity (Wildman–Crippen MR) is 110 cm³/mol. The summed E-state index contributed by atoms with van der Waals surface area (Å²) in [4.78, 5) is 2.89. The molecular weight excluding hydrogens is 375 g/mol. The lowest BCUT2D eigenvalue weighted by atomic mass is 10.00. The third-order valence-corrected chi connectivity index (χ3v) is 4.58. The van der Waals surface area contributed by atoms with Gasteiger partial charge in [0.05, 0.1) is 6.61 Å². The van der Waals surface area contributed by atoms with Crippen LogP contribution in [0.3, 0.4) is 0 Å². The summed E-state index contributed by atoms with van der Waals surface area (Å²) >= 11 is 0. The lowest BCUT2D eigenvalue weighted by Gasteiger charge is -2.16. The van der Waals surface area contributed by atoms with Crippen molar-refractivity contribution in [2.75, 3.05) is 6.61 Å². The third-order valence-electron chi connectivity index (χ3n) is 4.58. The van der Waals surface area contributed by atoms with E-state index < -0.39 is 24.0 Å². The van der Waals surface area contributed by atoms with Gasteiger partial charge in [0.1, 0.15) is 5.75 Å². The van der Waals surface area contributed by atoms with Gasteiger partial charge in [-0.25, -0.2) is 4.39 Å². The minimum atomic E-state index is -2.58. The molecule has 1 aliphatic heterocycles. The van der Waals surface area contributed by atoms with E-state index in [0.29, 0.717) is 12.2 Å². The minimum absolute atomic E-state index is 0.494. The second kappa shape index (κ2) is 9.47. The van der Waals surface area contributed by atoms with Crippen molar-refractivity contribution < 1.29 is 17.9 Å². The van der Waals surface area contributed by atoms with E-state index in [1.807, 2.05) is 36.4 Å². The molecule has 0 saturated heterocycles. The molecule has 1 unspecified atom stereocenters. The fraction of sp³-hybridized carbons (Fsp3) is 0.292. The largest absolute Gasteiger partial charge is 0.494 e. The van der Waals surface area contributed by atoms with Crippen LogP contribution >= 0.6 is 0 Å². The Morgan fingerprint density at radius 2 is 1.66 bits per heavy atom. The number of hydrogen-bond donors (Lipinski definition) is 0. The minimum Gasteiger partial charge on any atom is -0.494 e. The summed E-state index contributed by atoms with van der Waals surface area (Å²) in [6, 6.07) is 15.0. The summed E-state index contributed by atoms with van der Waals surface area (Å²) in [6.07, 6.45) is 3.75. The molecule has 0 bridgehead atoms. The lowest BCUT2D eigenvalue weighted by molar-refractivity contribution is 0.306. The second-order valence-electron chi connectivity index (χ2n) is 6.84. The molecule has 0 N–H and O–H groups in total. The molecule has 0 amide bonds. The van der Waals surface area contributed by atoms with Crippen molar-refractivity contribution in [2.45, 2.75) is 38.3 Å². The van der Waals surface area contributed by atoms with Crippen LogP contribution in [0.1, 0.15) is 38.2 Å². The van der Waals surface area contributed by atoms with Crippen molar-refractivity contribution >= 4 is 5.97 Å². The standard InChI is InChI=1S/C24H22F3NO/c1-2-3-4-17-29-21-11-9-20(10-12-21)19-7-5-18(6-8-19)13-15-24(27)16-14-22(25)28-23(24)26/h5-12,14H,2-4,16-17H2,1H3. The highest BCUT2D eigenvalue weighted by Gasteiger charge is 2.37. The first kappa shape index (κ1) is 20.7. The van der Waals surface area contributed by atoms with Crippen molar-refractivity contribution in [1.29, 1.82) is 0 Å². The molecular formula is C24H22F3NO. The fourth-order valence-corrected chi connectivity index (χ4v) is 2.84. The zero-order chi connectivity index (χ0) is 20.7. The number of allylic oxidation sites excluding steroid dienone is 1. The van der Waals surface area contributed by atoms with E-state index in [1.54, 1.807) is 12.1 Å². The highest BCUT2D eigenvalue weighted by Crippen LogP contribution is 2.27. The molecule has 0 fully saturated rings. The molecule has 29 heavy (non-hydrogen) atoms. The predicted octanol–water partition coefficient (Wildman–Crippen LogP) is 6.57. The van der Waals surface area contributed by atoms with Crippen molar-refractivity contribution in [2.24, 2.45) is 4.99 Å². The average Bonchev–Trinajstić information content (AvgIpc) is 2.74. The first-order valence-electron chi connectivity index (χ1n) is 9.66. The summed E-state index contributed by atoms with van der Waals surface area (Å²) in [5.74, 6) is 3.19. The number of aliphatic imine (C=N–C) groups is 1. The summed E-state index contributed by atoms with van der Waals surface area (Å²) in [5, 5.41) is 0. The van der Waals surface area contributed by atoms with Crippen molar-refractivity contribution in [3.05, 3.63) is 66.1 Å². The van der Waals surface area contributed by atoms with Crippen LogP contribution in [-0.4, -0.2) is 18.2 Å². The molecule has 0 saturated carbocycles. The SMILES string of the molecule is CCCCCOc1ccc(-c2ccc(C#CC3(F)CC=C(F)N=C3F)cc2)cc1. The van der Waals surface area contributed by atoms with Crippen LogP contribution in [0.25, 0.3) is 11.1 Å². The van der Waals surface area contributed by atoms with Crippen molar-refractivity contribution in [1.82, 2.24) is 0 Å². The number of ether oxygens (including phenoxy) is 1. The first-order chi connectivity index (χ1) is 14.0. The van der Waals surface area contributed by atoms with Crippen LogP contribution in [0.5, 0.6) is 5.75 Å². The van der Waals surface area contributed by atoms with Crippen LogP contribution in [-0.2, 0) is 0 Å². The van der Waals surface area contributed by atoms with Crippen LogP contribution < -0.4 is 4.74 Å². The Morgan fingerprint density at radius 3 is 2.28 bits per heavy atom.